The third-order valence-corrected chi connectivity index (χ3v) is 3.18. The second kappa shape index (κ2) is 14.3. The lowest BCUT2D eigenvalue weighted by molar-refractivity contribution is -0.190. The molecule has 0 aliphatic rings. The summed E-state index contributed by atoms with van der Waals surface area (Å²) in [4.78, 5) is 0. The lowest BCUT2D eigenvalue weighted by atomic mass is 10.1. The summed E-state index contributed by atoms with van der Waals surface area (Å²) in [6.45, 7) is 2.25. The zero-order chi connectivity index (χ0) is 11.2. The third kappa shape index (κ3) is 14.3. The lowest BCUT2D eigenvalue weighted by Gasteiger charge is -2.01. The average Bonchev–Trinajstić information content (AvgIpc) is 2.26. The fourth-order valence-corrected chi connectivity index (χ4v) is 2.07. The summed E-state index contributed by atoms with van der Waals surface area (Å²) in [7, 11) is 0. The molecule has 0 amide bonds. The lowest BCUT2D eigenvalue weighted by Crippen LogP contribution is -1.83. The van der Waals surface area contributed by atoms with Crippen molar-refractivity contribution in [1.29, 1.82) is 0 Å². The maximum Gasteiger partial charge on any atom is 0.0347 e. The molecule has 0 aromatic carbocycles. The molecule has 0 unspecified atom stereocenters. The van der Waals surface area contributed by atoms with Crippen LogP contribution in [0.4, 0.5) is 0 Å². The molecule has 0 rings (SSSR count). The molecule has 0 aromatic heterocycles. The van der Waals surface area contributed by atoms with Crippen molar-refractivity contribution in [2.45, 2.75) is 71.1 Å². The van der Waals surface area contributed by atoms with Crippen LogP contribution in [0.25, 0.3) is 0 Å². The summed E-state index contributed by atoms with van der Waals surface area (Å²) in [5, 5.41) is 9.65. The first-order valence-electron chi connectivity index (χ1n) is 6.33. The maximum absolute atomic E-state index is 9.65. The first-order valence-corrected chi connectivity index (χ1v) is 7.24. The molecular formula is C12H25O2S. The first-order chi connectivity index (χ1) is 7.41. The summed E-state index contributed by atoms with van der Waals surface area (Å²) in [5.74, 6) is 0.847. The van der Waals surface area contributed by atoms with Gasteiger partial charge in [-0.25, -0.2) is 0 Å². The van der Waals surface area contributed by atoms with Crippen LogP contribution in [0.15, 0.2) is 0 Å². The minimum absolute atomic E-state index is 0.847. The Balaban J connectivity index is 2.81. The molecule has 0 aromatic rings. The van der Waals surface area contributed by atoms with Crippen LogP contribution in [0.5, 0.6) is 0 Å². The van der Waals surface area contributed by atoms with Gasteiger partial charge < -0.3 is 0 Å². The maximum atomic E-state index is 9.65. The van der Waals surface area contributed by atoms with Gasteiger partial charge in [-0.05, 0) is 11.7 Å². The van der Waals surface area contributed by atoms with E-state index in [1.165, 1.54) is 57.8 Å². The Labute approximate surface area is 98.9 Å². The highest BCUT2D eigenvalue weighted by atomic mass is 32.2. The van der Waals surface area contributed by atoms with E-state index < -0.39 is 0 Å². The van der Waals surface area contributed by atoms with Gasteiger partial charge in [0.15, 0.2) is 0 Å². The highest BCUT2D eigenvalue weighted by Gasteiger charge is 1.93. The predicted molar refractivity (Wildman–Crippen MR) is 66.1 cm³/mol. The number of hydrogen-bond acceptors (Lipinski definition) is 2. The molecule has 0 spiro atoms. The zero-order valence-corrected chi connectivity index (χ0v) is 10.8. The van der Waals surface area contributed by atoms with E-state index in [0.29, 0.717) is 0 Å². The molecule has 0 aliphatic carbocycles. The Kier molecular flexibility index (Phi) is 14.5. The highest BCUT2D eigenvalue weighted by molar-refractivity contribution is 7.94. The van der Waals surface area contributed by atoms with Gasteiger partial charge in [-0.15, -0.1) is 4.33 Å². The van der Waals surface area contributed by atoms with Gasteiger partial charge >= 0.3 is 0 Å². The molecule has 0 N–H and O–H groups in total. The van der Waals surface area contributed by atoms with E-state index in [1.807, 2.05) is 0 Å². The van der Waals surface area contributed by atoms with Crippen LogP contribution >= 0.6 is 12.0 Å². The standard InChI is InChI=1S/C12H25O2S/c1-2-3-4-5-6-7-8-9-10-11-12-15-14-13/h2-12H2,1H3. The monoisotopic (exact) mass is 233 g/mol. The van der Waals surface area contributed by atoms with E-state index >= 15 is 0 Å². The predicted octanol–water partition coefficient (Wildman–Crippen LogP) is 4.92. The molecule has 0 aliphatic heterocycles. The van der Waals surface area contributed by atoms with Crippen LogP contribution in [0.3, 0.4) is 0 Å². The van der Waals surface area contributed by atoms with Gasteiger partial charge in [0, 0.05) is 17.8 Å². The Hall–Kier alpha value is 0.270. The minimum atomic E-state index is 0.847. The van der Waals surface area contributed by atoms with Gasteiger partial charge in [-0.3, -0.25) is 0 Å². The largest absolute Gasteiger partial charge is 0.130 e. The average molecular weight is 233 g/mol. The quantitative estimate of drug-likeness (QED) is 0.207. The van der Waals surface area contributed by atoms with Gasteiger partial charge in [0.05, 0.1) is 0 Å². The molecule has 15 heavy (non-hydrogen) atoms. The second-order valence-corrected chi connectivity index (χ2v) is 4.85. The van der Waals surface area contributed by atoms with Crippen molar-refractivity contribution in [3.8, 4) is 0 Å². The van der Waals surface area contributed by atoms with Crippen molar-refractivity contribution in [3.63, 3.8) is 0 Å². The number of hydrogen-bond donors (Lipinski definition) is 0. The third-order valence-electron chi connectivity index (χ3n) is 2.63. The fourth-order valence-electron chi connectivity index (χ4n) is 1.68. The zero-order valence-electron chi connectivity index (χ0n) is 10.0. The van der Waals surface area contributed by atoms with Crippen molar-refractivity contribution < 1.29 is 9.59 Å². The summed E-state index contributed by atoms with van der Waals surface area (Å²) < 4.78 is 3.69. The van der Waals surface area contributed by atoms with Crippen LogP contribution in [0.2, 0.25) is 0 Å². The SMILES string of the molecule is CCCCCCCCCCCCSO[O]. The summed E-state index contributed by atoms with van der Waals surface area (Å²) >= 11 is 1.03. The van der Waals surface area contributed by atoms with Gasteiger partial charge in [0.25, 0.3) is 0 Å². The summed E-state index contributed by atoms with van der Waals surface area (Å²) in [6.07, 6.45) is 13.4. The van der Waals surface area contributed by atoms with E-state index in [9.17, 15) is 5.26 Å². The van der Waals surface area contributed by atoms with Crippen LogP contribution in [0, 0.1) is 0 Å². The van der Waals surface area contributed by atoms with Crippen molar-refractivity contribution >= 4 is 12.0 Å². The molecule has 0 bridgehead atoms. The molecule has 0 atom stereocenters. The van der Waals surface area contributed by atoms with Crippen LogP contribution < -0.4 is 0 Å². The van der Waals surface area contributed by atoms with Crippen molar-refractivity contribution in [3.05, 3.63) is 0 Å². The van der Waals surface area contributed by atoms with E-state index in [2.05, 4.69) is 11.3 Å². The van der Waals surface area contributed by atoms with Gasteiger partial charge in [-0.1, -0.05) is 64.7 Å². The normalized spacial score (nSPS) is 10.8. The molecule has 0 saturated carbocycles. The molecule has 1 radical (unpaired) electrons. The molecule has 0 heterocycles. The van der Waals surface area contributed by atoms with E-state index in [0.717, 1.165) is 24.2 Å². The molecule has 0 fully saturated rings. The number of rotatable bonds is 12. The van der Waals surface area contributed by atoms with Crippen LogP contribution in [0.1, 0.15) is 71.1 Å². The molecule has 3 heteroatoms. The van der Waals surface area contributed by atoms with E-state index in [-0.39, 0.29) is 0 Å². The van der Waals surface area contributed by atoms with Crippen molar-refractivity contribution in [2.24, 2.45) is 0 Å². The topological polar surface area (TPSA) is 29.1 Å². The summed E-state index contributed by atoms with van der Waals surface area (Å²) in [5.41, 5.74) is 0. The van der Waals surface area contributed by atoms with E-state index in [4.69, 9.17) is 0 Å². The molecular weight excluding hydrogens is 208 g/mol. The fraction of sp³-hybridized carbons (Fsp3) is 1.00. The molecule has 2 nitrogen and oxygen atoms in total. The Morgan fingerprint density at radius 1 is 0.800 bits per heavy atom. The van der Waals surface area contributed by atoms with Gasteiger partial charge in [-0.2, -0.15) is 0 Å². The molecule has 91 valence electrons. The minimum Gasteiger partial charge on any atom is -0.130 e. The van der Waals surface area contributed by atoms with E-state index in [1.54, 1.807) is 0 Å². The van der Waals surface area contributed by atoms with Crippen molar-refractivity contribution in [2.75, 3.05) is 5.75 Å². The number of unbranched alkanes of at least 4 members (excludes halogenated alkanes) is 9. The Morgan fingerprint density at radius 3 is 1.73 bits per heavy atom. The second-order valence-electron chi connectivity index (χ2n) is 4.07. The Bertz CT molecular complexity index is 97.8. The highest BCUT2D eigenvalue weighted by Crippen LogP contribution is 2.12. The van der Waals surface area contributed by atoms with Gasteiger partial charge in [0.1, 0.15) is 0 Å². The first kappa shape index (κ1) is 15.3. The van der Waals surface area contributed by atoms with Crippen LogP contribution in [-0.2, 0) is 9.59 Å². The van der Waals surface area contributed by atoms with Crippen molar-refractivity contribution in [1.82, 2.24) is 0 Å². The molecule has 0 saturated heterocycles. The van der Waals surface area contributed by atoms with Gasteiger partial charge in [0.2, 0.25) is 0 Å². The van der Waals surface area contributed by atoms with Crippen LogP contribution in [-0.4, -0.2) is 5.75 Å². The summed E-state index contributed by atoms with van der Waals surface area (Å²) in [6, 6.07) is 0. The smallest absolute Gasteiger partial charge is 0.0347 e. The Morgan fingerprint density at radius 2 is 1.27 bits per heavy atom.